The first-order chi connectivity index (χ1) is 8.11. The maximum Gasteiger partial charge on any atom is 0.336 e. The lowest BCUT2D eigenvalue weighted by Gasteiger charge is -1.97. The molecule has 0 aromatic heterocycles. The van der Waals surface area contributed by atoms with Crippen LogP contribution in [0.3, 0.4) is 0 Å². The molecule has 98 valence electrons. The van der Waals surface area contributed by atoms with E-state index in [1.165, 1.54) is 13.3 Å². The van der Waals surface area contributed by atoms with Gasteiger partial charge in [0, 0.05) is 13.0 Å². The van der Waals surface area contributed by atoms with Crippen LogP contribution < -0.4 is 5.32 Å². The second-order valence-corrected chi connectivity index (χ2v) is 3.69. The Bertz CT molecular complexity index is 264. The summed E-state index contributed by atoms with van der Waals surface area (Å²) >= 11 is 0. The van der Waals surface area contributed by atoms with Crippen LogP contribution >= 0.6 is 0 Å². The number of esters is 1. The Balaban J connectivity index is 0.000000302. The van der Waals surface area contributed by atoms with Gasteiger partial charge < -0.3 is 15.2 Å². The largest absolute Gasteiger partial charge is 0.515 e. The molecule has 2 N–H and O–H groups in total. The van der Waals surface area contributed by atoms with Gasteiger partial charge in [-0.3, -0.25) is 4.79 Å². The first-order valence-electron chi connectivity index (χ1n) is 5.86. The summed E-state index contributed by atoms with van der Waals surface area (Å²) in [6.45, 7) is 4.42. The number of amides is 1. The fourth-order valence-electron chi connectivity index (χ4n) is 1.20. The molecule has 1 rings (SSSR count). The van der Waals surface area contributed by atoms with Crippen molar-refractivity contribution in [2.24, 2.45) is 0 Å². The Morgan fingerprint density at radius 2 is 2.18 bits per heavy atom. The molecule has 0 unspecified atom stereocenters. The quantitative estimate of drug-likeness (QED) is 0.439. The zero-order valence-electron chi connectivity index (χ0n) is 10.5. The maximum absolute atomic E-state index is 10.6. The lowest BCUT2D eigenvalue weighted by atomic mass is 10.2. The maximum atomic E-state index is 10.6. The summed E-state index contributed by atoms with van der Waals surface area (Å²) in [5, 5.41) is 11.1. The molecule has 5 heteroatoms. The minimum absolute atomic E-state index is 0.219. The molecule has 1 heterocycles. The van der Waals surface area contributed by atoms with Gasteiger partial charge in [0.15, 0.2) is 0 Å². The summed E-state index contributed by atoms with van der Waals surface area (Å²) in [6.07, 6.45) is 4.91. The predicted molar refractivity (Wildman–Crippen MR) is 64.5 cm³/mol. The van der Waals surface area contributed by atoms with Gasteiger partial charge in [0.25, 0.3) is 0 Å². The molecule has 0 aromatic rings. The molecule has 0 radical (unpaired) electrons. The van der Waals surface area contributed by atoms with Crippen molar-refractivity contribution in [3.8, 4) is 0 Å². The van der Waals surface area contributed by atoms with Crippen molar-refractivity contribution in [3.05, 3.63) is 11.8 Å². The summed E-state index contributed by atoms with van der Waals surface area (Å²) in [5.41, 5.74) is 0.219. The average molecular weight is 243 g/mol. The number of hydrogen-bond acceptors (Lipinski definition) is 4. The summed E-state index contributed by atoms with van der Waals surface area (Å²) in [5.74, 6) is -0.248. The number of hydrogen-bond donors (Lipinski definition) is 2. The van der Waals surface area contributed by atoms with Crippen molar-refractivity contribution in [2.75, 3.05) is 13.2 Å². The van der Waals surface area contributed by atoms with Gasteiger partial charge in [-0.25, -0.2) is 4.79 Å². The number of rotatable bonds is 2. The second-order valence-electron chi connectivity index (χ2n) is 3.69. The van der Waals surface area contributed by atoms with E-state index in [0.717, 1.165) is 32.1 Å². The van der Waals surface area contributed by atoms with Crippen LogP contribution in [0.2, 0.25) is 0 Å². The first kappa shape index (κ1) is 15.5. The minimum atomic E-state index is -0.472. The molecule has 0 bridgehead atoms. The molecule has 1 aliphatic rings. The van der Waals surface area contributed by atoms with Gasteiger partial charge in [-0.05, 0) is 26.7 Å². The van der Waals surface area contributed by atoms with E-state index in [-0.39, 0.29) is 11.5 Å². The number of ether oxygens (including phenoxy) is 1. The molecule has 1 aliphatic heterocycles. The lowest BCUT2D eigenvalue weighted by molar-refractivity contribution is -0.138. The summed E-state index contributed by atoms with van der Waals surface area (Å²) in [6, 6.07) is 0. The highest BCUT2D eigenvalue weighted by Crippen LogP contribution is 2.02. The number of carbonyl (C=O) groups excluding carboxylic acids is 2. The van der Waals surface area contributed by atoms with Gasteiger partial charge in [-0.2, -0.15) is 0 Å². The van der Waals surface area contributed by atoms with Crippen molar-refractivity contribution in [1.82, 2.24) is 5.32 Å². The van der Waals surface area contributed by atoms with Gasteiger partial charge in [0.2, 0.25) is 5.91 Å². The third-order valence-corrected chi connectivity index (χ3v) is 2.19. The van der Waals surface area contributed by atoms with Gasteiger partial charge in [-0.1, -0.05) is 6.42 Å². The predicted octanol–water partition coefficient (Wildman–Crippen LogP) is 1.69. The summed E-state index contributed by atoms with van der Waals surface area (Å²) in [4.78, 5) is 21.1. The number of aliphatic hydroxyl groups is 1. The first-order valence-corrected chi connectivity index (χ1v) is 5.86. The van der Waals surface area contributed by atoms with Gasteiger partial charge >= 0.3 is 5.97 Å². The van der Waals surface area contributed by atoms with E-state index in [9.17, 15) is 9.59 Å². The molecular formula is C12H21NO4. The summed E-state index contributed by atoms with van der Waals surface area (Å²) in [7, 11) is 0. The van der Waals surface area contributed by atoms with Crippen molar-refractivity contribution >= 4 is 11.9 Å². The van der Waals surface area contributed by atoms with Crippen LogP contribution in [-0.2, 0) is 14.3 Å². The highest BCUT2D eigenvalue weighted by Gasteiger charge is 2.03. The number of nitrogens with one attached hydrogen (secondary N) is 1. The zero-order valence-corrected chi connectivity index (χ0v) is 10.5. The van der Waals surface area contributed by atoms with Crippen molar-refractivity contribution in [3.63, 3.8) is 0 Å². The molecule has 0 aromatic carbocycles. The molecule has 0 aliphatic carbocycles. The van der Waals surface area contributed by atoms with Crippen molar-refractivity contribution < 1.29 is 19.4 Å². The molecule has 1 saturated heterocycles. The smallest absolute Gasteiger partial charge is 0.336 e. The molecule has 1 fully saturated rings. The van der Waals surface area contributed by atoms with Gasteiger partial charge in [-0.15, -0.1) is 0 Å². The van der Waals surface area contributed by atoms with Crippen LogP contribution in [0, 0.1) is 0 Å². The molecule has 17 heavy (non-hydrogen) atoms. The van der Waals surface area contributed by atoms with E-state index < -0.39 is 5.97 Å². The highest BCUT2D eigenvalue weighted by molar-refractivity contribution is 5.87. The van der Waals surface area contributed by atoms with Crippen LogP contribution in [-0.4, -0.2) is 30.1 Å². The van der Waals surface area contributed by atoms with Gasteiger partial charge in [0.1, 0.15) is 0 Å². The Labute approximate surface area is 102 Å². The van der Waals surface area contributed by atoms with E-state index in [0.29, 0.717) is 6.61 Å². The van der Waals surface area contributed by atoms with Gasteiger partial charge in [0.05, 0.1) is 18.4 Å². The van der Waals surface area contributed by atoms with E-state index >= 15 is 0 Å². The van der Waals surface area contributed by atoms with E-state index in [1.54, 1.807) is 6.92 Å². The fourth-order valence-corrected chi connectivity index (χ4v) is 1.20. The molecule has 0 atom stereocenters. The molecule has 0 spiro atoms. The van der Waals surface area contributed by atoms with Crippen LogP contribution in [0.15, 0.2) is 11.8 Å². The van der Waals surface area contributed by atoms with Crippen LogP contribution in [0.5, 0.6) is 0 Å². The van der Waals surface area contributed by atoms with E-state index in [1.807, 2.05) is 0 Å². The molecule has 5 nitrogen and oxygen atoms in total. The minimum Gasteiger partial charge on any atom is -0.515 e. The average Bonchev–Trinajstić information content (AvgIpc) is 2.57. The number of aliphatic hydroxyl groups excluding tert-OH is 1. The Hall–Kier alpha value is -1.52. The SMILES string of the molecule is CCOC(=O)C(C)=CO.O=C1CCCCCN1. The second kappa shape index (κ2) is 9.69. The molecule has 0 saturated carbocycles. The highest BCUT2D eigenvalue weighted by atomic mass is 16.5. The third-order valence-electron chi connectivity index (χ3n) is 2.19. The molecular weight excluding hydrogens is 222 g/mol. The normalized spacial score (nSPS) is 16.1. The fraction of sp³-hybridized carbons (Fsp3) is 0.667. The Kier molecular flexibility index (Phi) is 8.82. The zero-order chi connectivity index (χ0) is 13.1. The van der Waals surface area contributed by atoms with Crippen molar-refractivity contribution in [2.45, 2.75) is 39.5 Å². The van der Waals surface area contributed by atoms with Crippen LogP contribution in [0.1, 0.15) is 39.5 Å². The third kappa shape index (κ3) is 8.30. The Morgan fingerprint density at radius 1 is 1.47 bits per heavy atom. The van der Waals surface area contributed by atoms with Crippen LogP contribution in [0.4, 0.5) is 0 Å². The lowest BCUT2D eigenvalue weighted by Crippen LogP contribution is -2.21. The van der Waals surface area contributed by atoms with E-state index in [4.69, 9.17) is 5.11 Å². The molecule has 1 amide bonds. The van der Waals surface area contributed by atoms with Crippen molar-refractivity contribution in [1.29, 1.82) is 0 Å². The topological polar surface area (TPSA) is 75.6 Å². The number of carbonyl (C=O) groups is 2. The van der Waals surface area contributed by atoms with Crippen LogP contribution in [0.25, 0.3) is 0 Å². The van der Waals surface area contributed by atoms with E-state index in [2.05, 4.69) is 10.1 Å². The Morgan fingerprint density at radius 3 is 2.76 bits per heavy atom. The standard InChI is InChI=1S/C6H11NO.C6H10O3/c8-6-4-2-1-3-5-7-6;1-3-9-6(8)5(2)4-7/h1-5H2,(H,7,8);4,7H,3H2,1-2H3. The monoisotopic (exact) mass is 243 g/mol. The summed E-state index contributed by atoms with van der Waals surface area (Å²) < 4.78 is 4.53.